The second-order valence-corrected chi connectivity index (χ2v) is 21.0. The number of likely N-dealkylation sites (tertiary alicyclic amines) is 1. The topological polar surface area (TPSA) is 196 Å². The lowest BCUT2D eigenvalue weighted by molar-refractivity contribution is -0.384. The Hall–Kier alpha value is -5.58. The highest BCUT2D eigenvalue weighted by atomic mass is 32.2. The quantitative estimate of drug-likeness (QED) is 0.0650. The number of anilines is 2. The van der Waals surface area contributed by atoms with E-state index in [4.69, 9.17) is 4.74 Å². The molecule has 10 rings (SSSR count). The van der Waals surface area contributed by atoms with Crippen LogP contribution in [0.25, 0.3) is 11.0 Å². The zero-order chi connectivity index (χ0) is 44.2. The zero-order valence-electron chi connectivity index (χ0n) is 36.2. The van der Waals surface area contributed by atoms with Crippen LogP contribution in [0.2, 0.25) is 0 Å². The molecule has 1 amide bonds. The van der Waals surface area contributed by atoms with E-state index in [1.165, 1.54) is 51.3 Å². The van der Waals surface area contributed by atoms with Crippen molar-refractivity contribution in [2.45, 2.75) is 112 Å². The van der Waals surface area contributed by atoms with Gasteiger partial charge < -0.3 is 25.0 Å². The Bertz CT molecular complexity index is 2670. The van der Waals surface area contributed by atoms with Gasteiger partial charge in [-0.25, -0.2) is 23.1 Å². The summed E-state index contributed by atoms with van der Waals surface area (Å²) in [5.41, 5.74) is 3.67. The van der Waals surface area contributed by atoms with Gasteiger partial charge in [-0.15, -0.1) is 0 Å². The number of hydrogen-bond acceptors (Lipinski definition) is 12. The van der Waals surface area contributed by atoms with E-state index in [9.17, 15) is 28.4 Å². The highest BCUT2D eigenvalue weighted by molar-refractivity contribution is 7.90. The fourth-order valence-electron chi connectivity index (χ4n) is 10.9. The number of benzene rings is 2. The smallest absolute Gasteiger partial charge is 0.312 e. The van der Waals surface area contributed by atoms with Crippen LogP contribution in [-0.2, 0) is 10.0 Å². The maximum Gasteiger partial charge on any atom is 0.312 e. The van der Waals surface area contributed by atoms with Crippen LogP contribution in [0.3, 0.4) is 0 Å². The summed E-state index contributed by atoms with van der Waals surface area (Å²) in [5.74, 6) is 0.381. The third-order valence-electron chi connectivity index (χ3n) is 14.8. The van der Waals surface area contributed by atoms with Crippen LogP contribution in [0.1, 0.15) is 117 Å². The van der Waals surface area contributed by atoms with Crippen LogP contribution >= 0.6 is 0 Å². The van der Waals surface area contributed by atoms with Crippen LogP contribution in [0.5, 0.6) is 11.5 Å². The van der Waals surface area contributed by atoms with Gasteiger partial charge in [-0.1, -0.05) is 24.3 Å². The molecule has 2 aliphatic heterocycles. The number of hydrogen-bond donors (Lipinski definition) is 4. The highest BCUT2D eigenvalue weighted by Crippen LogP contribution is 2.55. The van der Waals surface area contributed by atoms with Crippen molar-refractivity contribution < 1.29 is 28.0 Å². The third kappa shape index (κ3) is 8.66. The molecule has 3 saturated carbocycles. The number of pyridine rings is 2. The summed E-state index contributed by atoms with van der Waals surface area (Å²) in [6.07, 6.45) is 16.7. The summed E-state index contributed by atoms with van der Waals surface area (Å²) in [4.78, 5) is 41.6. The number of aromatic nitrogens is 3. The number of aromatic amines is 1. The molecule has 5 heterocycles. The molecule has 3 aromatic heterocycles. The Morgan fingerprint density at radius 2 is 1.72 bits per heavy atom. The molecular formula is C48H56N8O7S. The second kappa shape index (κ2) is 16.8. The minimum absolute atomic E-state index is 0.0348. The van der Waals surface area contributed by atoms with Crippen LogP contribution in [0.4, 0.5) is 17.2 Å². The van der Waals surface area contributed by atoms with Crippen LogP contribution in [0.15, 0.2) is 84.1 Å². The van der Waals surface area contributed by atoms with Gasteiger partial charge in [0.1, 0.15) is 22.0 Å². The summed E-state index contributed by atoms with van der Waals surface area (Å²) in [5, 5.41) is 26.2. The molecule has 16 heteroatoms. The molecule has 336 valence electrons. The number of piperidine rings is 1. The van der Waals surface area contributed by atoms with Crippen molar-refractivity contribution >= 4 is 44.2 Å². The Morgan fingerprint density at radius 3 is 2.47 bits per heavy atom. The van der Waals surface area contributed by atoms with Crippen molar-refractivity contribution in [3.8, 4) is 11.5 Å². The first kappa shape index (κ1) is 42.4. The van der Waals surface area contributed by atoms with Crippen molar-refractivity contribution in [1.29, 1.82) is 0 Å². The van der Waals surface area contributed by atoms with Gasteiger partial charge in [0.05, 0.1) is 28.5 Å². The molecule has 1 spiro atoms. The molecule has 5 aromatic rings. The van der Waals surface area contributed by atoms with Crippen LogP contribution in [0, 0.1) is 21.4 Å². The summed E-state index contributed by atoms with van der Waals surface area (Å²) >= 11 is 0. The molecular weight excluding hydrogens is 833 g/mol. The third-order valence-corrected chi connectivity index (χ3v) is 16.1. The van der Waals surface area contributed by atoms with Gasteiger partial charge in [-0.2, -0.15) is 0 Å². The Labute approximate surface area is 373 Å². The molecule has 5 aliphatic rings. The molecule has 5 fully saturated rings. The van der Waals surface area contributed by atoms with E-state index >= 15 is 0 Å². The number of amides is 1. The average molecular weight is 889 g/mol. The standard InChI is InChI=1S/C48H56N8O7S/c1-47(58)15-12-31(13-16-47)28-50-45-42(56(59)60)25-37(30-52-45)64(61,62)53-46(57)40-11-10-34(24-43(40)63-36-23-33-14-19-49-44(33)51-29-36)54-21-17-48(18-22-54)26-35(27-48)55-20-4-7-41(55)39-6-3-2-5-38(39)32-8-9-32/h2-3,5-6,10-11,14,19,23-25,29-32,35,41,58H,4,7-9,12-13,15-18,20-22,26-28H2,1H3,(H,49,51)(H,50,52)(H,53,57). The molecule has 0 radical (unpaired) electrons. The number of ether oxygens (including phenoxy) is 1. The Kier molecular flexibility index (Phi) is 11.1. The average Bonchev–Trinajstić information content (AvgIpc) is 3.82. The Balaban J connectivity index is 0.833. The van der Waals surface area contributed by atoms with Gasteiger partial charge in [0.25, 0.3) is 15.9 Å². The number of fused-ring (bicyclic) bond motifs is 1. The van der Waals surface area contributed by atoms with Crippen molar-refractivity contribution in [3.63, 3.8) is 0 Å². The first-order valence-electron chi connectivity index (χ1n) is 22.8. The fraction of sp³-hybridized carbons (Fsp3) is 0.479. The number of nitro groups is 1. The van der Waals surface area contributed by atoms with E-state index < -0.39 is 37.0 Å². The summed E-state index contributed by atoms with van der Waals surface area (Å²) in [6, 6.07) is 20.0. The molecule has 4 N–H and O–H groups in total. The summed E-state index contributed by atoms with van der Waals surface area (Å²) in [7, 11) is -4.62. The lowest BCUT2D eigenvalue weighted by Gasteiger charge is -2.56. The number of H-pyrrole nitrogens is 1. The Morgan fingerprint density at radius 1 is 0.953 bits per heavy atom. The lowest BCUT2D eigenvalue weighted by atomic mass is 9.59. The van der Waals surface area contributed by atoms with Gasteiger partial charge in [0, 0.05) is 61.1 Å². The lowest BCUT2D eigenvalue weighted by Crippen LogP contribution is -2.54. The maximum absolute atomic E-state index is 14.0. The number of aliphatic hydroxyl groups is 1. The van der Waals surface area contributed by atoms with E-state index in [1.807, 2.05) is 12.1 Å². The number of sulfonamides is 1. The minimum atomic E-state index is -4.62. The van der Waals surface area contributed by atoms with Crippen molar-refractivity contribution in [2.24, 2.45) is 11.3 Å². The highest BCUT2D eigenvalue weighted by Gasteiger charge is 2.50. The van der Waals surface area contributed by atoms with Gasteiger partial charge in [0.2, 0.25) is 5.82 Å². The SMILES string of the molecule is CC1(O)CCC(CNc2ncc(S(=O)(=O)NC(=O)c3ccc(N4CCC5(CC4)CC(N4CCCC4c4ccccc4C4CC4)C5)cc3Oc3cnc4[nH]ccc4c3)cc2[N+](=O)[O-])CC1. The van der Waals surface area contributed by atoms with Crippen molar-refractivity contribution in [1.82, 2.24) is 24.6 Å². The first-order chi connectivity index (χ1) is 30.8. The molecule has 2 saturated heterocycles. The molecule has 2 aromatic carbocycles. The normalized spacial score (nSPS) is 23.8. The molecule has 64 heavy (non-hydrogen) atoms. The number of nitrogens with zero attached hydrogens (tertiary/aromatic N) is 5. The predicted molar refractivity (Wildman–Crippen MR) is 243 cm³/mol. The zero-order valence-corrected chi connectivity index (χ0v) is 37.0. The monoisotopic (exact) mass is 888 g/mol. The molecule has 0 bridgehead atoms. The second-order valence-electron chi connectivity index (χ2n) is 19.3. The van der Waals surface area contributed by atoms with E-state index in [0.717, 1.165) is 68.0 Å². The first-order valence-corrected chi connectivity index (χ1v) is 24.3. The van der Waals surface area contributed by atoms with E-state index in [1.54, 1.807) is 42.4 Å². The van der Waals surface area contributed by atoms with Crippen molar-refractivity contribution in [2.75, 3.05) is 36.4 Å². The molecule has 15 nitrogen and oxygen atoms in total. The number of nitrogens with one attached hydrogen (secondary N) is 3. The molecule has 3 aliphatic carbocycles. The largest absolute Gasteiger partial charge is 0.455 e. The number of carbonyl (C=O) groups excluding carboxylic acids is 1. The number of rotatable bonds is 13. The molecule has 1 unspecified atom stereocenters. The minimum Gasteiger partial charge on any atom is -0.455 e. The summed E-state index contributed by atoms with van der Waals surface area (Å²) < 4.78 is 35.8. The maximum atomic E-state index is 14.0. The summed E-state index contributed by atoms with van der Waals surface area (Å²) in [6.45, 7) is 5.04. The van der Waals surface area contributed by atoms with Gasteiger partial charge in [-0.3, -0.25) is 19.8 Å². The van der Waals surface area contributed by atoms with Gasteiger partial charge >= 0.3 is 5.69 Å². The molecule has 1 atom stereocenters. The van der Waals surface area contributed by atoms with E-state index in [2.05, 4.69) is 59.1 Å². The van der Waals surface area contributed by atoms with Crippen molar-refractivity contribution in [3.05, 3.63) is 106 Å². The van der Waals surface area contributed by atoms with Gasteiger partial charge in [-0.05, 0) is 143 Å². The van der Waals surface area contributed by atoms with Crippen LogP contribution in [-0.4, -0.2) is 82.0 Å². The van der Waals surface area contributed by atoms with E-state index in [-0.39, 0.29) is 23.0 Å². The number of carbonyl (C=O) groups is 1. The van der Waals surface area contributed by atoms with Gasteiger partial charge in [0.15, 0.2) is 0 Å². The predicted octanol–water partition coefficient (Wildman–Crippen LogP) is 8.59. The van der Waals surface area contributed by atoms with Crippen LogP contribution < -0.4 is 19.7 Å². The fourth-order valence-corrected chi connectivity index (χ4v) is 11.8. The van der Waals surface area contributed by atoms with E-state index in [0.29, 0.717) is 48.3 Å².